The molecule has 3 amide bonds. The van der Waals surface area contributed by atoms with E-state index in [9.17, 15) is 14.4 Å². The number of benzene rings is 1. The number of hydrogen-bond acceptors (Lipinski definition) is 4. The molecule has 6 heteroatoms. The molecular weight excluding hydrogens is 210 g/mol. The molecular formula is C10H7N3O3. The van der Waals surface area contributed by atoms with Crippen LogP contribution in [0.1, 0.15) is 27.6 Å². The van der Waals surface area contributed by atoms with E-state index in [2.05, 4.69) is 15.5 Å². The van der Waals surface area contributed by atoms with Crippen molar-refractivity contribution >= 4 is 23.4 Å². The van der Waals surface area contributed by atoms with Crippen molar-refractivity contribution in [3.63, 3.8) is 0 Å². The molecule has 16 heavy (non-hydrogen) atoms. The summed E-state index contributed by atoms with van der Waals surface area (Å²) in [5.41, 5.74) is 0.638. The minimum absolute atomic E-state index is 0.164. The van der Waals surface area contributed by atoms with Crippen LogP contribution in [0, 0.1) is 0 Å². The maximum absolute atomic E-state index is 11.4. The summed E-state index contributed by atoms with van der Waals surface area (Å²) >= 11 is 0. The molecule has 0 aliphatic carbocycles. The molecule has 1 N–H and O–H groups in total. The number of amides is 3. The average molecular weight is 217 g/mol. The lowest BCUT2D eigenvalue weighted by Gasteiger charge is -1.97. The molecule has 1 aromatic rings. The molecule has 2 rings (SSSR count). The Morgan fingerprint density at radius 2 is 2.00 bits per heavy atom. The monoisotopic (exact) mass is 217 g/mol. The number of nitrogens with zero attached hydrogens (tertiary/aromatic N) is 2. The number of carbonyl (C=O) groups excluding carboxylic acids is 3. The first kappa shape index (κ1) is 10.2. The summed E-state index contributed by atoms with van der Waals surface area (Å²) < 4.78 is 0. The molecule has 0 fully saturated rings. The summed E-state index contributed by atoms with van der Waals surface area (Å²) in [6.07, 6.45) is 0. The van der Waals surface area contributed by atoms with Crippen LogP contribution in [0.15, 0.2) is 28.4 Å². The maximum atomic E-state index is 11.4. The quantitative estimate of drug-likeness (QED) is 0.566. The molecule has 1 aromatic carbocycles. The highest BCUT2D eigenvalue weighted by Gasteiger charge is 2.29. The van der Waals surface area contributed by atoms with E-state index in [0.29, 0.717) is 0 Å². The van der Waals surface area contributed by atoms with Crippen molar-refractivity contribution in [1.29, 1.82) is 0 Å². The second-order valence-corrected chi connectivity index (χ2v) is 3.20. The Labute approximate surface area is 90.4 Å². The Morgan fingerprint density at radius 1 is 1.25 bits per heavy atom. The smallest absolute Gasteiger partial charge is 0.261 e. The van der Waals surface area contributed by atoms with E-state index in [0.717, 1.165) is 0 Å². The van der Waals surface area contributed by atoms with Crippen LogP contribution in [0.2, 0.25) is 0 Å². The zero-order valence-electron chi connectivity index (χ0n) is 8.35. The standard InChI is InChI=1S/C10H7N3O3/c1-5(14)12-13-7-4-2-3-6-8(7)10(16)11-9(6)15/h2-4H,1H3,(H,11,15,16). The fourth-order valence-corrected chi connectivity index (χ4v) is 1.41. The third kappa shape index (κ3) is 1.60. The van der Waals surface area contributed by atoms with Crippen molar-refractivity contribution < 1.29 is 14.4 Å². The first-order chi connectivity index (χ1) is 7.59. The molecule has 1 aliphatic heterocycles. The Morgan fingerprint density at radius 3 is 2.69 bits per heavy atom. The highest BCUT2D eigenvalue weighted by molar-refractivity contribution is 6.23. The van der Waals surface area contributed by atoms with Crippen LogP contribution in [0.25, 0.3) is 0 Å². The Kier molecular flexibility index (Phi) is 2.32. The largest absolute Gasteiger partial charge is 0.288 e. The average Bonchev–Trinajstić information content (AvgIpc) is 2.52. The van der Waals surface area contributed by atoms with Gasteiger partial charge in [0.1, 0.15) is 0 Å². The number of imide groups is 1. The van der Waals surface area contributed by atoms with Crippen molar-refractivity contribution in [3.8, 4) is 0 Å². The fraction of sp³-hybridized carbons (Fsp3) is 0.100. The SMILES string of the molecule is CC(=O)N=Nc1cccc2c1C(=O)NC2=O. The summed E-state index contributed by atoms with van der Waals surface area (Å²) in [7, 11) is 0. The van der Waals surface area contributed by atoms with Crippen LogP contribution in [-0.4, -0.2) is 17.7 Å². The van der Waals surface area contributed by atoms with E-state index in [1.54, 1.807) is 6.07 Å². The molecule has 1 aliphatic rings. The van der Waals surface area contributed by atoms with Gasteiger partial charge in [-0.05, 0) is 12.1 Å². The predicted molar refractivity (Wildman–Crippen MR) is 53.4 cm³/mol. The van der Waals surface area contributed by atoms with E-state index in [4.69, 9.17) is 0 Å². The van der Waals surface area contributed by atoms with Crippen molar-refractivity contribution in [2.45, 2.75) is 6.92 Å². The minimum Gasteiger partial charge on any atom is -0.288 e. The van der Waals surface area contributed by atoms with Gasteiger partial charge in [0.05, 0.1) is 16.8 Å². The fourth-order valence-electron chi connectivity index (χ4n) is 1.41. The maximum Gasteiger partial charge on any atom is 0.261 e. The molecule has 0 unspecified atom stereocenters. The van der Waals surface area contributed by atoms with Gasteiger partial charge in [0.15, 0.2) is 0 Å². The van der Waals surface area contributed by atoms with Gasteiger partial charge in [-0.1, -0.05) is 6.07 Å². The van der Waals surface area contributed by atoms with Crippen LogP contribution >= 0.6 is 0 Å². The molecule has 0 saturated heterocycles. The Bertz CT molecular complexity index is 534. The molecule has 0 saturated carbocycles. The van der Waals surface area contributed by atoms with Gasteiger partial charge in [0.25, 0.3) is 17.7 Å². The lowest BCUT2D eigenvalue weighted by molar-refractivity contribution is -0.116. The summed E-state index contributed by atoms with van der Waals surface area (Å²) in [5, 5.41) is 9.10. The van der Waals surface area contributed by atoms with Gasteiger partial charge in [-0.2, -0.15) is 0 Å². The third-order valence-electron chi connectivity index (χ3n) is 2.04. The normalized spacial score (nSPS) is 14.1. The van der Waals surface area contributed by atoms with Crippen LogP contribution < -0.4 is 5.32 Å². The van der Waals surface area contributed by atoms with Gasteiger partial charge in [-0.3, -0.25) is 19.7 Å². The predicted octanol–water partition coefficient (Wildman–Crippen LogP) is 1.20. The third-order valence-corrected chi connectivity index (χ3v) is 2.04. The summed E-state index contributed by atoms with van der Waals surface area (Å²) in [4.78, 5) is 33.4. The molecule has 6 nitrogen and oxygen atoms in total. The summed E-state index contributed by atoms with van der Waals surface area (Å²) in [5.74, 6) is -1.44. The number of hydrogen-bond donors (Lipinski definition) is 1. The zero-order valence-corrected chi connectivity index (χ0v) is 8.35. The van der Waals surface area contributed by atoms with E-state index in [-0.39, 0.29) is 16.8 Å². The first-order valence-electron chi connectivity index (χ1n) is 4.50. The Hall–Kier alpha value is -2.37. The highest BCUT2D eigenvalue weighted by atomic mass is 16.2. The van der Waals surface area contributed by atoms with Gasteiger partial charge in [-0.25, -0.2) is 0 Å². The van der Waals surface area contributed by atoms with E-state index in [1.165, 1.54) is 19.1 Å². The molecule has 1 heterocycles. The number of carbonyl (C=O) groups is 3. The van der Waals surface area contributed by atoms with Gasteiger partial charge in [-0.15, -0.1) is 10.2 Å². The summed E-state index contributed by atoms with van der Waals surface area (Å²) in [6.45, 7) is 1.25. The van der Waals surface area contributed by atoms with Gasteiger partial charge in [0.2, 0.25) is 0 Å². The second kappa shape index (κ2) is 3.65. The first-order valence-corrected chi connectivity index (χ1v) is 4.50. The van der Waals surface area contributed by atoms with Crippen LogP contribution in [0.3, 0.4) is 0 Å². The van der Waals surface area contributed by atoms with Crippen LogP contribution in [-0.2, 0) is 4.79 Å². The van der Waals surface area contributed by atoms with Crippen molar-refractivity contribution in [1.82, 2.24) is 5.32 Å². The van der Waals surface area contributed by atoms with E-state index in [1.807, 2.05) is 0 Å². The number of nitrogens with one attached hydrogen (secondary N) is 1. The molecule has 80 valence electrons. The highest BCUT2D eigenvalue weighted by Crippen LogP contribution is 2.26. The second-order valence-electron chi connectivity index (χ2n) is 3.20. The lowest BCUT2D eigenvalue weighted by Crippen LogP contribution is -2.19. The minimum atomic E-state index is -0.516. The van der Waals surface area contributed by atoms with Crippen molar-refractivity contribution in [2.24, 2.45) is 10.2 Å². The number of fused-ring (bicyclic) bond motifs is 1. The van der Waals surface area contributed by atoms with Crippen molar-refractivity contribution in [3.05, 3.63) is 29.3 Å². The molecule has 0 spiro atoms. The van der Waals surface area contributed by atoms with Gasteiger partial charge in [0, 0.05) is 6.92 Å². The molecule has 0 atom stereocenters. The summed E-state index contributed by atoms with van der Waals surface area (Å²) in [6, 6.07) is 4.61. The number of rotatable bonds is 1. The van der Waals surface area contributed by atoms with E-state index >= 15 is 0 Å². The van der Waals surface area contributed by atoms with Gasteiger partial charge < -0.3 is 0 Å². The van der Waals surface area contributed by atoms with E-state index < -0.39 is 17.7 Å². The molecule has 0 aromatic heterocycles. The molecule has 0 radical (unpaired) electrons. The van der Waals surface area contributed by atoms with Gasteiger partial charge >= 0.3 is 0 Å². The number of azo groups is 1. The zero-order chi connectivity index (χ0) is 11.7. The Balaban J connectivity index is 2.53. The lowest BCUT2D eigenvalue weighted by atomic mass is 10.1. The van der Waals surface area contributed by atoms with Crippen LogP contribution in [0.4, 0.5) is 5.69 Å². The van der Waals surface area contributed by atoms with Crippen LogP contribution in [0.5, 0.6) is 0 Å². The molecule has 0 bridgehead atoms. The topological polar surface area (TPSA) is 88.0 Å². The van der Waals surface area contributed by atoms with Crippen molar-refractivity contribution in [2.75, 3.05) is 0 Å².